The molecule has 1 heterocycles. The first-order chi connectivity index (χ1) is 14.8. The first kappa shape index (κ1) is 25.3. The molecule has 0 spiro atoms. The van der Waals surface area contributed by atoms with E-state index in [2.05, 4.69) is 0 Å². The Morgan fingerprint density at radius 1 is 1.25 bits per heavy atom. The number of carbonyl (C=O) groups is 4. The van der Waals surface area contributed by atoms with Gasteiger partial charge in [-0.15, -0.1) is 0 Å². The number of ether oxygens (including phenoxy) is 2. The van der Waals surface area contributed by atoms with Gasteiger partial charge in [0.15, 0.2) is 12.2 Å². The molecule has 0 saturated carbocycles. The highest BCUT2D eigenvalue weighted by Crippen LogP contribution is 2.23. The standard InChI is InChI=1S/C22H31N3O7/c1-22(2,3)32-21(30)17(27)18-20(29)25(10-11-31-18)15-9-7-8-14(12-15)19(28)24(6)13-16(26)23(4)5/h7-9,12,17-18,27H,10-11,13H2,1-6H3/t17-,18-/m1/s1. The Hall–Kier alpha value is -2.98. The highest BCUT2D eigenvalue weighted by atomic mass is 16.6. The molecular formula is C22H31N3O7. The van der Waals surface area contributed by atoms with Gasteiger partial charge < -0.3 is 29.3 Å². The van der Waals surface area contributed by atoms with Crippen LogP contribution < -0.4 is 4.90 Å². The predicted octanol–water partition coefficient (Wildman–Crippen LogP) is 0.281. The molecule has 0 radical (unpaired) electrons. The normalized spacial score (nSPS) is 17.5. The van der Waals surface area contributed by atoms with Crippen LogP contribution in [0.3, 0.4) is 0 Å². The molecule has 32 heavy (non-hydrogen) atoms. The Balaban J connectivity index is 2.18. The largest absolute Gasteiger partial charge is 0.458 e. The number of aliphatic hydroxyl groups is 1. The van der Waals surface area contributed by atoms with Crippen LogP contribution in [0.2, 0.25) is 0 Å². The third-order valence-corrected chi connectivity index (χ3v) is 4.68. The van der Waals surface area contributed by atoms with Gasteiger partial charge in [-0.25, -0.2) is 4.79 Å². The van der Waals surface area contributed by atoms with Crippen LogP contribution in [0.4, 0.5) is 5.69 Å². The van der Waals surface area contributed by atoms with E-state index in [1.54, 1.807) is 53.1 Å². The Labute approximate surface area is 187 Å². The lowest BCUT2D eigenvalue weighted by molar-refractivity contribution is -0.177. The van der Waals surface area contributed by atoms with E-state index in [9.17, 15) is 24.3 Å². The molecular weight excluding hydrogens is 418 g/mol. The zero-order valence-corrected chi connectivity index (χ0v) is 19.3. The van der Waals surface area contributed by atoms with Crippen molar-refractivity contribution >= 4 is 29.4 Å². The molecule has 0 bridgehead atoms. The van der Waals surface area contributed by atoms with Crippen LogP contribution in [0.5, 0.6) is 0 Å². The molecule has 10 heteroatoms. The second kappa shape index (κ2) is 10.1. The second-order valence-electron chi connectivity index (χ2n) is 8.76. The molecule has 3 amide bonds. The van der Waals surface area contributed by atoms with Gasteiger partial charge in [-0.1, -0.05) is 6.07 Å². The van der Waals surface area contributed by atoms with E-state index in [-0.39, 0.29) is 31.5 Å². The summed E-state index contributed by atoms with van der Waals surface area (Å²) in [4.78, 5) is 53.8. The molecule has 1 aromatic rings. The Morgan fingerprint density at radius 2 is 1.91 bits per heavy atom. The van der Waals surface area contributed by atoms with Gasteiger partial charge in [0.2, 0.25) is 5.91 Å². The maximum atomic E-state index is 13.0. The number of amides is 3. The van der Waals surface area contributed by atoms with Gasteiger partial charge in [0.25, 0.3) is 11.8 Å². The van der Waals surface area contributed by atoms with Crippen molar-refractivity contribution in [2.24, 2.45) is 0 Å². The minimum Gasteiger partial charge on any atom is -0.458 e. The SMILES string of the molecule is CN(C)C(=O)CN(C)C(=O)c1cccc(N2CCO[C@H]([C@@H](O)C(=O)OC(C)(C)C)C2=O)c1. The number of nitrogens with zero attached hydrogens (tertiary/aromatic N) is 3. The summed E-state index contributed by atoms with van der Waals surface area (Å²) in [5, 5.41) is 10.3. The Kier molecular flexibility index (Phi) is 7.97. The van der Waals surface area contributed by atoms with Crippen LogP contribution in [-0.2, 0) is 23.9 Å². The number of esters is 1. The fourth-order valence-electron chi connectivity index (χ4n) is 3.02. The van der Waals surface area contributed by atoms with Crippen molar-refractivity contribution in [3.8, 4) is 0 Å². The lowest BCUT2D eigenvalue weighted by Crippen LogP contribution is -2.55. The van der Waals surface area contributed by atoms with Crippen molar-refractivity contribution in [2.45, 2.75) is 38.6 Å². The number of hydrogen-bond donors (Lipinski definition) is 1. The van der Waals surface area contributed by atoms with Crippen molar-refractivity contribution in [1.29, 1.82) is 0 Å². The molecule has 1 aliphatic rings. The highest BCUT2D eigenvalue weighted by Gasteiger charge is 2.41. The van der Waals surface area contributed by atoms with Gasteiger partial charge in [0.1, 0.15) is 5.60 Å². The fraction of sp³-hybridized carbons (Fsp3) is 0.545. The van der Waals surface area contributed by atoms with Gasteiger partial charge >= 0.3 is 5.97 Å². The summed E-state index contributed by atoms with van der Waals surface area (Å²) < 4.78 is 10.5. The van der Waals surface area contributed by atoms with Gasteiger partial charge in [-0.2, -0.15) is 0 Å². The molecule has 1 aromatic carbocycles. The molecule has 10 nitrogen and oxygen atoms in total. The van der Waals surface area contributed by atoms with Gasteiger partial charge in [-0.3, -0.25) is 14.4 Å². The zero-order valence-electron chi connectivity index (χ0n) is 19.3. The van der Waals surface area contributed by atoms with E-state index in [1.807, 2.05) is 0 Å². The highest BCUT2D eigenvalue weighted by molar-refractivity contribution is 6.02. The predicted molar refractivity (Wildman–Crippen MR) is 116 cm³/mol. The van der Waals surface area contributed by atoms with Gasteiger partial charge in [0.05, 0.1) is 13.2 Å². The maximum absolute atomic E-state index is 13.0. The third kappa shape index (κ3) is 6.27. The molecule has 2 atom stereocenters. The number of rotatable bonds is 6. The van der Waals surface area contributed by atoms with Crippen molar-refractivity contribution in [3.63, 3.8) is 0 Å². The van der Waals surface area contributed by atoms with E-state index >= 15 is 0 Å². The second-order valence-corrected chi connectivity index (χ2v) is 8.76. The Bertz CT molecular complexity index is 879. The first-order valence-electron chi connectivity index (χ1n) is 10.2. The fourth-order valence-corrected chi connectivity index (χ4v) is 3.02. The third-order valence-electron chi connectivity index (χ3n) is 4.68. The lowest BCUT2D eigenvalue weighted by atomic mass is 10.1. The van der Waals surface area contributed by atoms with Crippen LogP contribution in [0.25, 0.3) is 0 Å². The molecule has 2 rings (SSSR count). The topological polar surface area (TPSA) is 117 Å². The quantitative estimate of drug-likeness (QED) is 0.620. The van der Waals surface area contributed by atoms with E-state index in [0.29, 0.717) is 11.3 Å². The molecule has 0 unspecified atom stereocenters. The lowest BCUT2D eigenvalue weighted by Gasteiger charge is -2.34. The number of carbonyl (C=O) groups excluding carboxylic acids is 4. The summed E-state index contributed by atoms with van der Waals surface area (Å²) in [6, 6.07) is 6.37. The van der Waals surface area contributed by atoms with Crippen molar-refractivity contribution in [1.82, 2.24) is 9.80 Å². The van der Waals surface area contributed by atoms with Gasteiger partial charge in [0, 0.05) is 38.9 Å². The summed E-state index contributed by atoms with van der Waals surface area (Å²) in [7, 11) is 4.73. The van der Waals surface area contributed by atoms with Crippen LogP contribution in [-0.4, -0.2) is 97.2 Å². The number of anilines is 1. The molecule has 0 aliphatic carbocycles. The number of morpholine rings is 1. The number of benzene rings is 1. The average Bonchev–Trinajstić information content (AvgIpc) is 2.71. The number of aliphatic hydroxyl groups excluding tert-OH is 1. The van der Waals surface area contributed by atoms with Crippen molar-refractivity contribution in [3.05, 3.63) is 29.8 Å². The molecule has 1 fully saturated rings. The van der Waals surface area contributed by atoms with E-state index in [4.69, 9.17) is 9.47 Å². The Morgan fingerprint density at radius 3 is 2.50 bits per heavy atom. The molecule has 0 aromatic heterocycles. The smallest absolute Gasteiger partial charge is 0.338 e. The molecule has 1 N–H and O–H groups in total. The number of hydrogen-bond acceptors (Lipinski definition) is 7. The van der Waals surface area contributed by atoms with E-state index in [0.717, 1.165) is 0 Å². The maximum Gasteiger partial charge on any atom is 0.338 e. The van der Waals surface area contributed by atoms with Crippen LogP contribution in [0, 0.1) is 0 Å². The summed E-state index contributed by atoms with van der Waals surface area (Å²) in [5.41, 5.74) is -0.123. The van der Waals surface area contributed by atoms with Crippen LogP contribution in [0.1, 0.15) is 31.1 Å². The average molecular weight is 450 g/mol. The molecule has 1 aliphatic heterocycles. The minimum atomic E-state index is -1.78. The van der Waals surface area contributed by atoms with E-state index < -0.39 is 29.7 Å². The zero-order chi connectivity index (χ0) is 24.2. The molecule has 1 saturated heterocycles. The summed E-state index contributed by atoms with van der Waals surface area (Å²) in [6.45, 7) is 5.14. The monoisotopic (exact) mass is 449 g/mol. The molecule has 176 valence electrons. The van der Waals surface area contributed by atoms with Crippen molar-refractivity contribution < 1.29 is 33.8 Å². The van der Waals surface area contributed by atoms with Crippen LogP contribution in [0.15, 0.2) is 24.3 Å². The summed E-state index contributed by atoms with van der Waals surface area (Å²) in [5.74, 6) is -2.17. The van der Waals surface area contributed by atoms with Crippen molar-refractivity contribution in [2.75, 3.05) is 45.7 Å². The van der Waals surface area contributed by atoms with E-state index in [1.165, 1.54) is 27.8 Å². The van der Waals surface area contributed by atoms with Crippen LogP contribution >= 0.6 is 0 Å². The number of likely N-dealkylation sites (N-methyl/N-ethyl adjacent to an activating group) is 2. The minimum absolute atomic E-state index is 0.0866. The first-order valence-corrected chi connectivity index (χ1v) is 10.2. The summed E-state index contributed by atoms with van der Waals surface area (Å²) in [6.07, 6.45) is -3.20. The van der Waals surface area contributed by atoms with Gasteiger partial charge in [-0.05, 0) is 39.0 Å². The summed E-state index contributed by atoms with van der Waals surface area (Å²) >= 11 is 0.